The highest BCUT2D eigenvalue weighted by atomic mass is 32.2. The van der Waals surface area contributed by atoms with E-state index in [0.717, 1.165) is 18.0 Å². The van der Waals surface area contributed by atoms with Gasteiger partial charge in [-0.15, -0.1) is 0 Å². The van der Waals surface area contributed by atoms with E-state index in [-0.39, 0.29) is 17.6 Å². The molecule has 6 heteroatoms. The highest BCUT2D eigenvalue weighted by Gasteiger charge is 2.39. The summed E-state index contributed by atoms with van der Waals surface area (Å²) < 4.78 is 5.81. The monoisotopic (exact) mass is 246 g/mol. The minimum Gasteiger partial charge on any atom is -0.391 e. The molecule has 0 aromatic heterocycles. The lowest BCUT2D eigenvalue weighted by Crippen LogP contribution is -2.39. The van der Waals surface area contributed by atoms with Crippen LogP contribution in [0.5, 0.6) is 0 Å². The first-order chi connectivity index (χ1) is 7.61. The molecule has 0 aromatic rings. The Labute approximate surface area is 99.8 Å². The average Bonchev–Trinajstić information content (AvgIpc) is 2.70. The number of nitrogens with zero attached hydrogens (tertiary/aromatic N) is 2. The molecular formula is C10H18N2O3S. The summed E-state index contributed by atoms with van der Waals surface area (Å²) in [6.45, 7) is 1.77. The predicted octanol–water partition coefficient (Wildman–Crippen LogP) is 0.837. The molecule has 0 unspecified atom stereocenters. The maximum Gasteiger partial charge on any atom is 0.186 e. The van der Waals surface area contributed by atoms with Crippen LogP contribution in [0.15, 0.2) is 4.99 Å². The van der Waals surface area contributed by atoms with Crippen LogP contribution in [0.1, 0.15) is 19.8 Å². The predicted molar refractivity (Wildman–Crippen MR) is 63.2 cm³/mol. The maximum absolute atomic E-state index is 9.51. The van der Waals surface area contributed by atoms with Crippen LogP contribution >= 0.6 is 11.8 Å². The summed E-state index contributed by atoms with van der Waals surface area (Å²) in [6, 6.07) is 0.201. The Hall–Kier alpha value is -0.300. The lowest BCUT2D eigenvalue weighted by molar-refractivity contribution is -0.0730. The van der Waals surface area contributed by atoms with Gasteiger partial charge in [-0.2, -0.15) is 0 Å². The second-order valence-electron chi connectivity index (χ2n) is 4.14. The van der Waals surface area contributed by atoms with E-state index in [4.69, 9.17) is 9.57 Å². The van der Waals surface area contributed by atoms with Gasteiger partial charge < -0.3 is 9.84 Å². The van der Waals surface area contributed by atoms with E-state index in [9.17, 15) is 5.11 Å². The Balaban J connectivity index is 1.96. The largest absolute Gasteiger partial charge is 0.391 e. The molecule has 2 aliphatic rings. The number of hydrogen-bond acceptors (Lipinski definition) is 6. The van der Waals surface area contributed by atoms with Crippen LogP contribution < -0.4 is 0 Å². The van der Waals surface area contributed by atoms with Crippen LogP contribution in [0.25, 0.3) is 0 Å². The first kappa shape index (κ1) is 12.2. The molecule has 0 bridgehead atoms. The first-order valence-electron chi connectivity index (χ1n) is 5.47. The fourth-order valence-corrected chi connectivity index (χ4v) is 3.08. The molecule has 0 spiro atoms. The third-order valence-corrected chi connectivity index (χ3v) is 4.18. The van der Waals surface area contributed by atoms with Crippen molar-refractivity contribution in [2.24, 2.45) is 4.99 Å². The highest BCUT2D eigenvalue weighted by molar-refractivity contribution is 8.14. The number of amidine groups is 1. The summed E-state index contributed by atoms with van der Waals surface area (Å²) in [5, 5.41) is 12.0. The van der Waals surface area contributed by atoms with Gasteiger partial charge in [-0.25, -0.2) is 5.06 Å². The van der Waals surface area contributed by atoms with Gasteiger partial charge >= 0.3 is 0 Å². The Morgan fingerprint density at radius 3 is 3.00 bits per heavy atom. The molecular weight excluding hydrogens is 228 g/mol. The molecule has 5 nitrogen and oxygen atoms in total. The summed E-state index contributed by atoms with van der Waals surface area (Å²) in [5.74, 6) is 0. The van der Waals surface area contributed by atoms with Gasteiger partial charge in [0.25, 0.3) is 0 Å². The minimum atomic E-state index is -0.411. The van der Waals surface area contributed by atoms with Crippen LogP contribution in [0.2, 0.25) is 0 Å². The molecule has 4 atom stereocenters. The molecule has 1 saturated heterocycles. The van der Waals surface area contributed by atoms with Crippen molar-refractivity contribution in [2.45, 2.75) is 43.5 Å². The molecule has 92 valence electrons. The average molecular weight is 246 g/mol. The van der Waals surface area contributed by atoms with Crippen molar-refractivity contribution < 1.29 is 14.7 Å². The number of hydrogen-bond donors (Lipinski definition) is 1. The van der Waals surface area contributed by atoms with Crippen molar-refractivity contribution in [3.63, 3.8) is 0 Å². The summed E-state index contributed by atoms with van der Waals surface area (Å²) in [5.41, 5.74) is 0.0287. The molecule has 0 saturated carbocycles. The quantitative estimate of drug-likeness (QED) is 0.732. The molecule has 0 aliphatic carbocycles. The van der Waals surface area contributed by atoms with Gasteiger partial charge in [0, 0.05) is 7.05 Å². The molecule has 0 amide bonds. The van der Waals surface area contributed by atoms with Crippen LogP contribution in [-0.2, 0) is 9.57 Å². The first-order valence-corrected chi connectivity index (χ1v) is 6.35. The maximum atomic E-state index is 9.51. The van der Waals surface area contributed by atoms with Crippen molar-refractivity contribution in [3.05, 3.63) is 0 Å². The van der Waals surface area contributed by atoms with Gasteiger partial charge in [-0.3, -0.25) is 9.83 Å². The summed E-state index contributed by atoms with van der Waals surface area (Å²) in [4.78, 5) is 9.64. The van der Waals surface area contributed by atoms with Crippen molar-refractivity contribution in [1.29, 1.82) is 0 Å². The molecule has 2 aliphatic heterocycles. The van der Waals surface area contributed by atoms with Crippen LogP contribution in [0.3, 0.4) is 0 Å². The van der Waals surface area contributed by atoms with Gasteiger partial charge in [0.15, 0.2) is 5.17 Å². The van der Waals surface area contributed by atoms with E-state index in [0.29, 0.717) is 0 Å². The molecule has 2 heterocycles. The lowest BCUT2D eigenvalue weighted by atomic mass is 10.0. The van der Waals surface area contributed by atoms with Gasteiger partial charge in [-0.05, 0) is 19.8 Å². The van der Waals surface area contributed by atoms with E-state index >= 15 is 0 Å². The zero-order chi connectivity index (χ0) is 11.7. The van der Waals surface area contributed by atoms with Crippen LogP contribution in [-0.4, -0.2) is 53.2 Å². The normalized spacial score (nSPS) is 35.5. The second kappa shape index (κ2) is 4.91. The molecule has 0 radical (unpaired) electrons. The third kappa shape index (κ3) is 2.34. The van der Waals surface area contributed by atoms with Crippen LogP contribution in [0, 0.1) is 0 Å². The number of hydroxylamine groups is 2. The number of aliphatic imine (C=N–C) groups is 1. The van der Waals surface area contributed by atoms with Crippen molar-refractivity contribution in [3.8, 4) is 0 Å². The number of aliphatic hydroxyl groups excluding tert-OH is 1. The number of aliphatic hydroxyl groups is 1. The number of fused-ring (bicyclic) bond motifs is 1. The standard InChI is InChI=1S/C10H18N2O3S/c1-6(13)8-5-4-7-9(15-8)16-10(11-7)12(2)14-3/h6-9,13H,4-5H2,1-3H3/t6-,7-,8-,9-/m1/s1. The lowest BCUT2D eigenvalue weighted by Gasteiger charge is -2.32. The van der Waals surface area contributed by atoms with E-state index in [1.807, 2.05) is 7.05 Å². The molecule has 2 rings (SSSR count). The van der Waals surface area contributed by atoms with E-state index < -0.39 is 6.10 Å². The van der Waals surface area contributed by atoms with Gasteiger partial charge in [0.1, 0.15) is 5.44 Å². The van der Waals surface area contributed by atoms with Crippen molar-refractivity contribution in [1.82, 2.24) is 5.06 Å². The van der Waals surface area contributed by atoms with Gasteiger partial charge in [0.2, 0.25) is 0 Å². The summed E-state index contributed by atoms with van der Waals surface area (Å²) in [7, 11) is 3.44. The topological polar surface area (TPSA) is 54.3 Å². The zero-order valence-electron chi connectivity index (χ0n) is 9.79. The van der Waals surface area contributed by atoms with E-state index in [1.54, 1.807) is 30.9 Å². The fraction of sp³-hybridized carbons (Fsp3) is 0.900. The number of thioether (sulfide) groups is 1. The third-order valence-electron chi connectivity index (χ3n) is 2.95. The van der Waals surface area contributed by atoms with E-state index in [1.165, 1.54) is 0 Å². The Bertz CT molecular complexity index is 285. The van der Waals surface area contributed by atoms with Crippen molar-refractivity contribution >= 4 is 16.9 Å². The summed E-state index contributed by atoms with van der Waals surface area (Å²) in [6.07, 6.45) is 1.36. The Kier molecular flexibility index (Phi) is 3.73. The molecule has 1 fully saturated rings. The highest BCUT2D eigenvalue weighted by Crippen LogP contribution is 2.37. The van der Waals surface area contributed by atoms with Crippen LogP contribution in [0.4, 0.5) is 0 Å². The van der Waals surface area contributed by atoms with Gasteiger partial charge in [-0.1, -0.05) is 11.8 Å². The summed E-state index contributed by atoms with van der Waals surface area (Å²) >= 11 is 1.57. The molecule has 1 N–H and O–H groups in total. The second-order valence-corrected chi connectivity index (χ2v) is 5.20. The Morgan fingerprint density at radius 1 is 1.62 bits per heavy atom. The van der Waals surface area contributed by atoms with E-state index in [2.05, 4.69) is 4.99 Å². The smallest absolute Gasteiger partial charge is 0.186 e. The molecule has 16 heavy (non-hydrogen) atoms. The SMILES string of the molecule is CON(C)C1=N[C@@H]2CC[C@H]([C@@H](C)O)O[C@@H]2S1. The minimum absolute atomic E-state index is 0.0287. The number of rotatable bonds is 2. The fourth-order valence-electron chi connectivity index (χ4n) is 1.90. The molecule has 0 aromatic carbocycles. The Morgan fingerprint density at radius 2 is 2.38 bits per heavy atom. The zero-order valence-corrected chi connectivity index (χ0v) is 10.6. The van der Waals surface area contributed by atoms with Crippen molar-refractivity contribution in [2.75, 3.05) is 14.2 Å². The number of ether oxygens (including phenoxy) is 1. The van der Waals surface area contributed by atoms with Gasteiger partial charge in [0.05, 0.1) is 25.4 Å².